The predicted octanol–water partition coefficient (Wildman–Crippen LogP) is 2.31. The fourth-order valence-electron chi connectivity index (χ4n) is 4.58. The van der Waals surface area contributed by atoms with Crippen LogP contribution in [0.1, 0.15) is 35.7 Å². The lowest BCUT2D eigenvalue weighted by Crippen LogP contribution is -2.36. The molecule has 2 aliphatic carbocycles. The molecule has 1 aromatic rings. The summed E-state index contributed by atoms with van der Waals surface area (Å²) in [6.07, 6.45) is 0.726. The van der Waals surface area contributed by atoms with E-state index >= 15 is 0 Å². The van der Waals surface area contributed by atoms with Crippen LogP contribution in [0.5, 0.6) is 0 Å². The number of esters is 2. The predicted molar refractivity (Wildman–Crippen MR) is 84.1 cm³/mol. The summed E-state index contributed by atoms with van der Waals surface area (Å²) in [7, 11) is 0. The second-order valence-corrected chi connectivity index (χ2v) is 7.23. The number of ketones is 1. The van der Waals surface area contributed by atoms with Crippen LogP contribution in [0.4, 0.5) is 0 Å². The highest BCUT2D eigenvalue weighted by molar-refractivity contribution is 6.00. The Balaban J connectivity index is 1.45. The summed E-state index contributed by atoms with van der Waals surface area (Å²) in [6, 6.07) is 7.18. The average Bonchev–Trinajstić information content (AvgIpc) is 3.16. The molecule has 4 rings (SSSR count). The lowest BCUT2D eigenvalue weighted by atomic mass is 9.80. The summed E-state index contributed by atoms with van der Waals surface area (Å²) in [5.41, 5.74) is 1.58. The molecule has 1 saturated heterocycles. The monoisotopic (exact) mass is 328 g/mol. The number of carbonyl (C=O) groups excluding carboxylic acids is 3. The van der Waals surface area contributed by atoms with Gasteiger partial charge in [0.2, 0.25) is 5.78 Å². The van der Waals surface area contributed by atoms with Crippen LogP contribution >= 0.6 is 0 Å². The number of Topliss-reactive ketones (excluding diaryl/α,β-unsaturated/α-hetero) is 1. The minimum absolute atomic E-state index is 0.0110. The third-order valence-corrected chi connectivity index (χ3v) is 5.75. The number of hydrogen-bond donors (Lipinski definition) is 0. The van der Waals surface area contributed by atoms with E-state index in [9.17, 15) is 14.4 Å². The molecule has 126 valence electrons. The molecule has 0 amide bonds. The molecule has 0 aromatic heterocycles. The van der Waals surface area contributed by atoms with Crippen molar-refractivity contribution in [2.75, 3.05) is 0 Å². The zero-order valence-electron chi connectivity index (χ0n) is 13.7. The summed E-state index contributed by atoms with van der Waals surface area (Å²) in [4.78, 5) is 37.0. The number of ether oxygens (including phenoxy) is 2. The van der Waals surface area contributed by atoms with Crippen LogP contribution in [0.2, 0.25) is 0 Å². The first-order chi connectivity index (χ1) is 11.5. The molecular weight excluding hydrogens is 308 g/mol. The number of benzene rings is 1. The van der Waals surface area contributed by atoms with Crippen molar-refractivity contribution in [2.45, 2.75) is 38.9 Å². The van der Waals surface area contributed by atoms with E-state index in [4.69, 9.17) is 9.47 Å². The molecule has 2 saturated carbocycles. The van der Waals surface area contributed by atoms with Crippen LogP contribution in [0.15, 0.2) is 24.3 Å². The minimum atomic E-state index is -0.854. The van der Waals surface area contributed by atoms with Gasteiger partial charge in [-0.3, -0.25) is 14.4 Å². The van der Waals surface area contributed by atoms with E-state index in [2.05, 4.69) is 0 Å². The van der Waals surface area contributed by atoms with Gasteiger partial charge in [0.15, 0.2) is 6.10 Å². The Bertz CT molecular complexity index is 705. The van der Waals surface area contributed by atoms with Crippen LogP contribution < -0.4 is 0 Å². The van der Waals surface area contributed by atoms with Crippen molar-refractivity contribution in [3.8, 4) is 0 Å². The summed E-state index contributed by atoms with van der Waals surface area (Å²) in [5.74, 6) is -1.45. The molecule has 3 aliphatic rings. The Morgan fingerprint density at radius 2 is 1.92 bits per heavy atom. The van der Waals surface area contributed by atoms with Gasteiger partial charge in [-0.2, -0.15) is 0 Å². The topological polar surface area (TPSA) is 69.7 Å². The first-order valence-electron chi connectivity index (χ1n) is 8.47. The SMILES string of the molecule is Cc1ccc(C(=O)[C@H](C)OC(=O)[C@@H]2[C@@H]3C[C@@H]4[C@H]2C(=O)O[C@H]4C3)cc1. The van der Waals surface area contributed by atoms with Gasteiger partial charge in [-0.25, -0.2) is 0 Å². The van der Waals surface area contributed by atoms with E-state index in [0.717, 1.165) is 18.4 Å². The fourth-order valence-corrected chi connectivity index (χ4v) is 4.58. The smallest absolute Gasteiger partial charge is 0.310 e. The molecule has 5 heteroatoms. The molecule has 0 N–H and O–H groups in total. The highest BCUT2D eigenvalue weighted by Crippen LogP contribution is 2.58. The Morgan fingerprint density at radius 1 is 1.21 bits per heavy atom. The number of fused-ring (bicyclic) bond motifs is 1. The van der Waals surface area contributed by atoms with Gasteiger partial charge in [0.1, 0.15) is 6.10 Å². The Kier molecular flexibility index (Phi) is 3.48. The van der Waals surface area contributed by atoms with E-state index in [-0.39, 0.29) is 35.6 Å². The van der Waals surface area contributed by atoms with Crippen molar-refractivity contribution in [3.63, 3.8) is 0 Å². The van der Waals surface area contributed by atoms with Gasteiger partial charge in [0, 0.05) is 11.5 Å². The number of hydrogen-bond acceptors (Lipinski definition) is 5. The van der Waals surface area contributed by atoms with Crippen molar-refractivity contribution in [1.82, 2.24) is 0 Å². The quantitative estimate of drug-likeness (QED) is 0.626. The zero-order valence-corrected chi connectivity index (χ0v) is 13.7. The maximum Gasteiger partial charge on any atom is 0.310 e. The summed E-state index contributed by atoms with van der Waals surface area (Å²) in [5, 5.41) is 0. The normalized spacial score (nSPS) is 34.1. The third-order valence-electron chi connectivity index (χ3n) is 5.75. The molecule has 5 nitrogen and oxygen atoms in total. The van der Waals surface area contributed by atoms with E-state index < -0.39 is 18.0 Å². The largest absolute Gasteiger partial charge is 0.462 e. The summed E-state index contributed by atoms with van der Waals surface area (Å²) in [6.45, 7) is 3.53. The third kappa shape index (κ3) is 2.26. The lowest BCUT2D eigenvalue weighted by Gasteiger charge is -2.24. The molecule has 1 heterocycles. The molecule has 0 spiro atoms. The van der Waals surface area contributed by atoms with Crippen LogP contribution in [0, 0.1) is 30.6 Å². The minimum Gasteiger partial charge on any atom is -0.462 e. The van der Waals surface area contributed by atoms with Gasteiger partial charge in [-0.05, 0) is 32.6 Å². The first-order valence-corrected chi connectivity index (χ1v) is 8.47. The van der Waals surface area contributed by atoms with Crippen LogP contribution in [0.3, 0.4) is 0 Å². The van der Waals surface area contributed by atoms with Gasteiger partial charge in [0.25, 0.3) is 0 Å². The summed E-state index contributed by atoms with van der Waals surface area (Å²) < 4.78 is 10.8. The average molecular weight is 328 g/mol. The van der Waals surface area contributed by atoms with Crippen molar-refractivity contribution in [1.29, 1.82) is 0 Å². The fraction of sp³-hybridized carbons (Fsp3) is 0.526. The first kappa shape index (κ1) is 15.4. The Hall–Kier alpha value is -2.17. The number of carbonyl (C=O) groups is 3. The second kappa shape index (κ2) is 5.43. The van der Waals surface area contributed by atoms with Crippen LogP contribution in [-0.2, 0) is 19.1 Å². The summed E-state index contributed by atoms with van der Waals surface area (Å²) >= 11 is 0. The lowest BCUT2D eigenvalue weighted by molar-refractivity contribution is -0.157. The zero-order chi connectivity index (χ0) is 17.0. The standard InChI is InChI=1S/C19H20O5/c1-9-3-5-11(6-4-9)17(20)10(2)23-18(21)15-12-7-13-14(8-12)24-19(22)16(13)15/h3-6,10,12-16H,7-8H2,1-2H3/t10-,12+,13-,14-,15+,16+/m0/s1. The molecule has 6 atom stereocenters. The van der Waals surface area contributed by atoms with Gasteiger partial charge in [0.05, 0.1) is 11.8 Å². The van der Waals surface area contributed by atoms with Crippen LogP contribution in [-0.4, -0.2) is 29.9 Å². The Labute approximate surface area is 140 Å². The molecule has 2 bridgehead atoms. The maximum atomic E-state index is 12.6. The second-order valence-electron chi connectivity index (χ2n) is 7.23. The van der Waals surface area contributed by atoms with E-state index in [1.807, 2.05) is 19.1 Å². The molecular formula is C19H20O5. The maximum absolute atomic E-state index is 12.6. The van der Waals surface area contributed by atoms with Crippen molar-refractivity contribution >= 4 is 17.7 Å². The van der Waals surface area contributed by atoms with Gasteiger partial charge in [-0.1, -0.05) is 29.8 Å². The number of aryl methyl sites for hydroxylation is 1. The highest BCUT2D eigenvalue weighted by Gasteiger charge is 2.64. The van der Waals surface area contributed by atoms with Gasteiger partial charge >= 0.3 is 11.9 Å². The molecule has 3 fully saturated rings. The molecule has 1 aromatic carbocycles. The number of rotatable bonds is 4. The molecule has 0 unspecified atom stereocenters. The van der Waals surface area contributed by atoms with E-state index in [1.165, 1.54) is 0 Å². The molecule has 0 radical (unpaired) electrons. The van der Waals surface area contributed by atoms with Crippen molar-refractivity contribution < 1.29 is 23.9 Å². The van der Waals surface area contributed by atoms with Crippen LogP contribution in [0.25, 0.3) is 0 Å². The van der Waals surface area contributed by atoms with Gasteiger partial charge in [-0.15, -0.1) is 0 Å². The highest BCUT2D eigenvalue weighted by atomic mass is 16.6. The van der Waals surface area contributed by atoms with E-state index in [1.54, 1.807) is 19.1 Å². The Morgan fingerprint density at radius 3 is 2.62 bits per heavy atom. The molecule has 1 aliphatic heterocycles. The van der Waals surface area contributed by atoms with Crippen molar-refractivity contribution in [3.05, 3.63) is 35.4 Å². The van der Waals surface area contributed by atoms with Gasteiger partial charge < -0.3 is 9.47 Å². The van der Waals surface area contributed by atoms with Crippen molar-refractivity contribution in [2.24, 2.45) is 23.7 Å². The van der Waals surface area contributed by atoms with E-state index in [0.29, 0.717) is 5.56 Å². The molecule has 24 heavy (non-hydrogen) atoms.